The molecule has 0 radical (unpaired) electrons. The standard InChI is InChI=1S/C21H22N2O2/c1-13-4-6-15(7-5-13)21-19-10-8-16-12-17(25-3)9-11-18(16)20(19)22-23(21)14(2)24/h4-7,9,11-12,19,21H,8,10H2,1-3H3. The molecule has 2 atom stereocenters. The molecule has 4 rings (SSSR count). The summed E-state index contributed by atoms with van der Waals surface area (Å²) in [5, 5.41) is 6.42. The van der Waals surface area contributed by atoms with E-state index in [0.29, 0.717) is 0 Å². The Morgan fingerprint density at radius 1 is 1.20 bits per heavy atom. The molecule has 128 valence electrons. The molecule has 1 aliphatic heterocycles. The van der Waals surface area contributed by atoms with Crippen LogP contribution in [0.4, 0.5) is 0 Å². The van der Waals surface area contributed by atoms with Crippen molar-refractivity contribution in [1.29, 1.82) is 0 Å². The average molecular weight is 334 g/mol. The highest BCUT2D eigenvalue weighted by Gasteiger charge is 2.42. The second-order valence-corrected chi connectivity index (χ2v) is 6.87. The molecule has 0 N–H and O–H groups in total. The Bertz CT molecular complexity index is 855. The number of carbonyl (C=O) groups is 1. The Labute approximate surface area is 148 Å². The topological polar surface area (TPSA) is 41.9 Å². The molecule has 0 aromatic heterocycles. The quantitative estimate of drug-likeness (QED) is 0.836. The van der Waals surface area contributed by atoms with Crippen molar-refractivity contribution in [3.8, 4) is 5.75 Å². The number of amides is 1. The van der Waals surface area contributed by atoms with Crippen molar-refractivity contribution in [3.63, 3.8) is 0 Å². The van der Waals surface area contributed by atoms with Crippen molar-refractivity contribution in [2.45, 2.75) is 32.7 Å². The monoisotopic (exact) mass is 334 g/mol. The highest BCUT2D eigenvalue weighted by atomic mass is 16.5. The first-order valence-electron chi connectivity index (χ1n) is 8.70. The van der Waals surface area contributed by atoms with Crippen molar-refractivity contribution >= 4 is 11.6 Å². The van der Waals surface area contributed by atoms with Crippen LogP contribution in [0.3, 0.4) is 0 Å². The van der Waals surface area contributed by atoms with Gasteiger partial charge in [0.1, 0.15) is 5.75 Å². The second kappa shape index (κ2) is 6.03. The summed E-state index contributed by atoms with van der Waals surface area (Å²) in [6, 6.07) is 14.6. The normalized spacial score (nSPS) is 21.4. The van der Waals surface area contributed by atoms with E-state index in [1.807, 2.05) is 6.07 Å². The summed E-state index contributed by atoms with van der Waals surface area (Å²) in [4.78, 5) is 12.3. The van der Waals surface area contributed by atoms with Gasteiger partial charge in [0, 0.05) is 18.4 Å². The first kappa shape index (κ1) is 15.9. The molecule has 0 saturated carbocycles. The van der Waals surface area contributed by atoms with E-state index < -0.39 is 0 Å². The Morgan fingerprint density at radius 3 is 2.64 bits per heavy atom. The maximum Gasteiger partial charge on any atom is 0.240 e. The van der Waals surface area contributed by atoms with Gasteiger partial charge in [-0.2, -0.15) is 5.10 Å². The van der Waals surface area contributed by atoms with Crippen LogP contribution in [0.15, 0.2) is 47.6 Å². The molecule has 2 aromatic carbocycles. The third kappa shape index (κ3) is 2.62. The molecule has 4 heteroatoms. The van der Waals surface area contributed by atoms with E-state index in [2.05, 4.69) is 43.3 Å². The van der Waals surface area contributed by atoms with E-state index in [-0.39, 0.29) is 17.9 Å². The number of methoxy groups -OCH3 is 1. The minimum Gasteiger partial charge on any atom is -0.497 e. The fourth-order valence-corrected chi connectivity index (χ4v) is 3.99. The van der Waals surface area contributed by atoms with E-state index in [1.54, 1.807) is 19.0 Å². The number of hydrogen-bond donors (Lipinski definition) is 0. The molecule has 4 nitrogen and oxygen atoms in total. The molecule has 1 heterocycles. The van der Waals surface area contributed by atoms with Gasteiger partial charge in [-0.05, 0) is 49.1 Å². The number of nitrogens with zero attached hydrogens (tertiary/aromatic N) is 2. The Morgan fingerprint density at radius 2 is 1.96 bits per heavy atom. The molecule has 0 fully saturated rings. The lowest BCUT2D eigenvalue weighted by molar-refractivity contribution is -0.131. The summed E-state index contributed by atoms with van der Waals surface area (Å²) in [6.45, 7) is 3.67. The SMILES string of the molecule is COc1ccc2c(c1)CCC1C2=NN(C(C)=O)C1c1ccc(C)cc1. The van der Waals surface area contributed by atoms with Crippen molar-refractivity contribution in [1.82, 2.24) is 5.01 Å². The van der Waals surface area contributed by atoms with Gasteiger partial charge in [0.15, 0.2) is 0 Å². The molecule has 1 amide bonds. The third-order valence-electron chi connectivity index (χ3n) is 5.27. The van der Waals surface area contributed by atoms with Crippen LogP contribution < -0.4 is 4.74 Å². The van der Waals surface area contributed by atoms with Crippen LogP contribution in [0.5, 0.6) is 5.75 Å². The predicted molar refractivity (Wildman–Crippen MR) is 97.8 cm³/mol. The number of hydrazone groups is 1. The molecule has 2 aliphatic rings. The lowest BCUT2D eigenvalue weighted by Gasteiger charge is -2.29. The van der Waals surface area contributed by atoms with Gasteiger partial charge in [-0.15, -0.1) is 0 Å². The van der Waals surface area contributed by atoms with E-state index in [4.69, 9.17) is 9.84 Å². The smallest absolute Gasteiger partial charge is 0.240 e. The van der Waals surface area contributed by atoms with Gasteiger partial charge >= 0.3 is 0 Å². The fourth-order valence-electron chi connectivity index (χ4n) is 3.99. The summed E-state index contributed by atoms with van der Waals surface area (Å²) in [6.07, 6.45) is 1.96. The van der Waals surface area contributed by atoms with Gasteiger partial charge < -0.3 is 4.74 Å². The van der Waals surface area contributed by atoms with Crippen LogP contribution in [0.1, 0.15) is 41.6 Å². The minimum atomic E-state index is -0.0115. The van der Waals surface area contributed by atoms with E-state index in [1.165, 1.54) is 11.1 Å². The van der Waals surface area contributed by atoms with Crippen molar-refractivity contribution in [3.05, 3.63) is 64.7 Å². The average Bonchev–Trinajstić information content (AvgIpc) is 3.02. The minimum absolute atomic E-state index is 0.0108. The van der Waals surface area contributed by atoms with Crippen molar-refractivity contribution in [2.75, 3.05) is 7.11 Å². The number of carbonyl (C=O) groups excluding carboxylic acids is 1. The van der Waals surface area contributed by atoms with Crippen LogP contribution in [-0.2, 0) is 11.2 Å². The van der Waals surface area contributed by atoms with Gasteiger partial charge in [-0.1, -0.05) is 29.8 Å². The van der Waals surface area contributed by atoms with Crippen LogP contribution in [-0.4, -0.2) is 23.7 Å². The lowest BCUT2D eigenvalue weighted by Crippen LogP contribution is -2.31. The van der Waals surface area contributed by atoms with Gasteiger partial charge in [0.2, 0.25) is 5.91 Å². The molecule has 25 heavy (non-hydrogen) atoms. The zero-order valence-electron chi connectivity index (χ0n) is 14.8. The summed E-state index contributed by atoms with van der Waals surface area (Å²) in [7, 11) is 1.69. The molecular formula is C21H22N2O2. The molecule has 0 bridgehead atoms. The highest BCUT2D eigenvalue weighted by Crippen LogP contribution is 2.43. The van der Waals surface area contributed by atoms with Gasteiger partial charge in [-0.25, -0.2) is 5.01 Å². The molecule has 2 aromatic rings. The first-order valence-corrected chi connectivity index (χ1v) is 8.70. The van der Waals surface area contributed by atoms with Crippen LogP contribution >= 0.6 is 0 Å². The number of benzene rings is 2. The van der Waals surface area contributed by atoms with Crippen LogP contribution in [0.2, 0.25) is 0 Å². The number of aryl methyl sites for hydroxylation is 2. The van der Waals surface area contributed by atoms with Crippen molar-refractivity contribution in [2.24, 2.45) is 11.0 Å². The summed E-state index contributed by atoms with van der Waals surface area (Å²) >= 11 is 0. The molecule has 1 aliphatic carbocycles. The summed E-state index contributed by atoms with van der Waals surface area (Å²) < 4.78 is 5.35. The van der Waals surface area contributed by atoms with Crippen molar-refractivity contribution < 1.29 is 9.53 Å². The summed E-state index contributed by atoms with van der Waals surface area (Å²) in [5.41, 5.74) is 5.81. The Kier molecular flexibility index (Phi) is 3.83. The number of hydrogen-bond acceptors (Lipinski definition) is 3. The highest BCUT2D eigenvalue weighted by molar-refractivity contribution is 6.06. The molecule has 0 saturated heterocycles. The Balaban J connectivity index is 1.78. The lowest BCUT2D eigenvalue weighted by atomic mass is 9.77. The Hall–Kier alpha value is -2.62. The maximum absolute atomic E-state index is 12.3. The molecular weight excluding hydrogens is 312 g/mol. The van der Waals surface area contributed by atoms with E-state index >= 15 is 0 Å². The van der Waals surface area contributed by atoms with E-state index in [9.17, 15) is 4.79 Å². The number of fused-ring (bicyclic) bond motifs is 3. The number of ether oxygens (including phenoxy) is 1. The largest absolute Gasteiger partial charge is 0.497 e. The van der Waals surface area contributed by atoms with Gasteiger partial charge in [0.05, 0.1) is 18.9 Å². The summed E-state index contributed by atoms with van der Waals surface area (Å²) in [5.74, 6) is 1.10. The van der Waals surface area contributed by atoms with Gasteiger partial charge in [-0.3, -0.25) is 4.79 Å². The first-order chi connectivity index (χ1) is 12.1. The molecule has 0 spiro atoms. The fraction of sp³-hybridized carbons (Fsp3) is 0.333. The van der Waals surface area contributed by atoms with Crippen LogP contribution in [0.25, 0.3) is 0 Å². The van der Waals surface area contributed by atoms with E-state index in [0.717, 1.165) is 35.4 Å². The second-order valence-electron chi connectivity index (χ2n) is 6.87. The zero-order chi connectivity index (χ0) is 17.6. The maximum atomic E-state index is 12.3. The van der Waals surface area contributed by atoms with Crippen LogP contribution in [0, 0.1) is 12.8 Å². The number of rotatable bonds is 2. The molecule has 2 unspecified atom stereocenters. The zero-order valence-corrected chi connectivity index (χ0v) is 14.8. The van der Waals surface area contributed by atoms with Gasteiger partial charge in [0.25, 0.3) is 0 Å². The third-order valence-corrected chi connectivity index (χ3v) is 5.27. The predicted octanol–water partition coefficient (Wildman–Crippen LogP) is 3.87.